The van der Waals surface area contributed by atoms with E-state index in [0.29, 0.717) is 0 Å². The van der Waals surface area contributed by atoms with Gasteiger partial charge in [0, 0.05) is 0 Å². The third kappa shape index (κ3) is 2.45. The van der Waals surface area contributed by atoms with Gasteiger partial charge in [-0.05, 0) is 18.4 Å². The van der Waals surface area contributed by atoms with Gasteiger partial charge in [0.05, 0.1) is 0 Å². The Balaban J connectivity index is 2.43. The Bertz CT molecular complexity index is 178. The molecule has 1 rings (SSSR count). The minimum absolute atomic E-state index is 0.360. The highest BCUT2D eigenvalue weighted by molar-refractivity contribution is 8.21. The van der Waals surface area contributed by atoms with Crippen molar-refractivity contribution in [2.24, 2.45) is 0 Å². The molecule has 0 heterocycles. The third-order valence-corrected chi connectivity index (χ3v) is 2.83. The third-order valence-electron chi connectivity index (χ3n) is 1.09. The van der Waals surface area contributed by atoms with Crippen LogP contribution in [0.4, 0.5) is 0 Å². The molecule has 0 fully saturated rings. The van der Waals surface area contributed by atoms with Crippen molar-refractivity contribution in [1.82, 2.24) is 0 Å². The summed E-state index contributed by atoms with van der Waals surface area (Å²) in [5, 5.41) is 0. The van der Waals surface area contributed by atoms with Gasteiger partial charge in [-0.2, -0.15) is 11.2 Å². The van der Waals surface area contributed by atoms with Crippen molar-refractivity contribution < 1.29 is 4.43 Å². The van der Waals surface area contributed by atoms with Crippen LogP contribution in [0, 0.1) is 0 Å². The molecule has 0 aliphatic carbocycles. The smallest absolute Gasteiger partial charge is 0.281 e. The van der Waals surface area contributed by atoms with E-state index >= 15 is 0 Å². The number of hydrogen-bond acceptors (Lipinski definition) is 2. The topological polar surface area (TPSA) is 9.23 Å². The van der Waals surface area contributed by atoms with E-state index in [1.807, 2.05) is 41.5 Å². The molecule has 1 aromatic rings. The van der Waals surface area contributed by atoms with Crippen molar-refractivity contribution in [2.75, 3.05) is 6.26 Å². The second kappa shape index (κ2) is 4.41. The molecule has 1 nitrogen and oxygen atoms in total. The fourth-order valence-electron chi connectivity index (χ4n) is 0.644. The summed E-state index contributed by atoms with van der Waals surface area (Å²) in [6.07, 6.45) is 2.08. The average molecular weight is 170 g/mol. The molecule has 1 aromatic carbocycles. The lowest BCUT2D eigenvalue weighted by Gasteiger charge is -2.01. The van der Waals surface area contributed by atoms with Gasteiger partial charge in [0.25, 0.3) is 8.91 Å². The van der Waals surface area contributed by atoms with E-state index in [9.17, 15) is 0 Å². The van der Waals surface area contributed by atoms with Gasteiger partial charge in [0.1, 0.15) is 5.75 Å². The van der Waals surface area contributed by atoms with Gasteiger partial charge in [0.2, 0.25) is 0 Å². The van der Waals surface area contributed by atoms with Crippen LogP contribution in [0.15, 0.2) is 30.3 Å². The molecule has 0 aliphatic heterocycles. The van der Waals surface area contributed by atoms with E-state index in [2.05, 4.69) is 6.26 Å². The molecule has 0 unspecified atom stereocenters. The summed E-state index contributed by atoms with van der Waals surface area (Å²) in [7, 11) is -0.360. The minimum Gasteiger partial charge on any atom is -0.539 e. The predicted octanol–water partition coefficient (Wildman–Crippen LogP) is 1.43. The van der Waals surface area contributed by atoms with Crippen molar-refractivity contribution in [3.63, 3.8) is 0 Å². The molecule has 3 heteroatoms. The highest BCUT2D eigenvalue weighted by Gasteiger charge is 1.87. The minimum atomic E-state index is -0.360. The van der Waals surface area contributed by atoms with Crippen molar-refractivity contribution in [1.29, 1.82) is 0 Å². The first-order valence-corrected chi connectivity index (χ1v) is 6.80. The first-order valence-electron chi connectivity index (χ1n) is 3.10. The van der Waals surface area contributed by atoms with Crippen molar-refractivity contribution >= 4 is 20.1 Å². The maximum atomic E-state index is 5.46. The normalized spacial score (nSPS) is 10.5. The molecule has 0 aromatic heterocycles. The van der Waals surface area contributed by atoms with Gasteiger partial charge in [-0.25, -0.2) is 0 Å². The molecule has 0 saturated carbocycles. The van der Waals surface area contributed by atoms with Gasteiger partial charge >= 0.3 is 0 Å². The van der Waals surface area contributed by atoms with E-state index in [1.165, 1.54) is 0 Å². The van der Waals surface area contributed by atoms with Gasteiger partial charge in [-0.3, -0.25) is 0 Å². The molecular weight excluding hydrogens is 160 g/mol. The predicted molar refractivity (Wildman–Crippen MR) is 49.1 cm³/mol. The lowest BCUT2D eigenvalue weighted by Crippen LogP contribution is -1.95. The second-order valence-corrected chi connectivity index (χ2v) is 5.40. The molecule has 54 valence electrons. The molecule has 10 heavy (non-hydrogen) atoms. The molecule has 0 spiro atoms. The SMILES string of the molecule is CS[SiH2]Oc1ccccc1. The van der Waals surface area contributed by atoms with Crippen LogP contribution >= 0.6 is 11.2 Å². The standard InChI is InChI=1S/C7H10OSSi/c1-9-10-8-7-5-3-2-4-6-7/h2-6H,10H2,1H3. The van der Waals surface area contributed by atoms with Crippen LogP contribution in [-0.4, -0.2) is 15.2 Å². The molecule has 0 atom stereocenters. The molecular formula is C7H10OSSi. The Hall–Kier alpha value is -0.413. The van der Waals surface area contributed by atoms with E-state index in [1.54, 1.807) is 0 Å². The Labute approximate surface area is 67.4 Å². The van der Waals surface area contributed by atoms with Crippen molar-refractivity contribution in [2.45, 2.75) is 0 Å². The average Bonchev–Trinajstić information content (AvgIpc) is 2.03. The molecule has 0 radical (unpaired) electrons. The molecule has 0 amide bonds. The summed E-state index contributed by atoms with van der Waals surface area (Å²) >= 11 is 1.81. The van der Waals surface area contributed by atoms with Gasteiger partial charge in [-0.1, -0.05) is 18.2 Å². The van der Waals surface area contributed by atoms with E-state index < -0.39 is 0 Å². The number of hydrogen-bond donors (Lipinski definition) is 0. The fourth-order valence-corrected chi connectivity index (χ4v) is 1.85. The molecule has 0 bridgehead atoms. The van der Waals surface area contributed by atoms with Crippen LogP contribution in [0.3, 0.4) is 0 Å². The largest absolute Gasteiger partial charge is 0.539 e. The zero-order valence-electron chi connectivity index (χ0n) is 5.91. The van der Waals surface area contributed by atoms with Crippen molar-refractivity contribution in [3.8, 4) is 5.75 Å². The number of benzene rings is 1. The van der Waals surface area contributed by atoms with Crippen LogP contribution in [0.1, 0.15) is 0 Å². The van der Waals surface area contributed by atoms with Crippen LogP contribution < -0.4 is 4.43 Å². The zero-order valence-corrected chi connectivity index (χ0v) is 8.14. The fraction of sp³-hybridized carbons (Fsp3) is 0.143. The maximum Gasteiger partial charge on any atom is 0.281 e. The van der Waals surface area contributed by atoms with Gasteiger partial charge in [-0.15, -0.1) is 0 Å². The summed E-state index contributed by atoms with van der Waals surface area (Å²) < 4.78 is 5.46. The Morgan fingerprint density at radius 3 is 2.60 bits per heavy atom. The maximum absolute atomic E-state index is 5.46. The molecule has 0 saturated heterocycles. The van der Waals surface area contributed by atoms with E-state index in [0.717, 1.165) is 5.75 Å². The summed E-state index contributed by atoms with van der Waals surface area (Å²) in [5.74, 6) is 1.00. The summed E-state index contributed by atoms with van der Waals surface area (Å²) in [6, 6.07) is 9.95. The van der Waals surface area contributed by atoms with Crippen LogP contribution in [-0.2, 0) is 0 Å². The van der Waals surface area contributed by atoms with E-state index in [-0.39, 0.29) is 8.91 Å². The number of rotatable bonds is 3. The van der Waals surface area contributed by atoms with Crippen LogP contribution in [0.25, 0.3) is 0 Å². The highest BCUT2D eigenvalue weighted by atomic mass is 32.4. The quantitative estimate of drug-likeness (QED) is 0.635. The summed E-state index contributed by atoms with van der Waals surface area (Å²) in [6.45, 7) is 0. The first kappa shape index (κ1) is 7.69. The summed E-state index contributed by atoms with van der Waals surface area (Å²) in [4.78, 5) is 0. The van der Waals surface area contributed by atoms with Gasteiger partial charge in [0.15, 0.2) is 0 Å². The van der Waals surface area contributed by atoms with Crippen LogP contribution in [0.2, 0.25) is 0 Å². The van der Waals surface area contributed by atoms with E-state index in [4.69, 9.17) is 4.43 Å². The van der Waals surface area contributed by atoms with Gasteiger partial charge < -0.3 is 4.43 Å². The number of para-hydroxylation sites is 1. The lowest BCUT2D eigenvalue weighted by atomic mass is 10.3. The molecule has 0 N–H and O–H groups in total. The second-order valence-electron chi connectivity index (χ2n) is 1.86. The van der Waals surface area contributed by atoms with Crippen LogP contribution in [0.5, 0.6) is 5.75 Å². The molecule has 0 aliphatic rings. The Morgan fingerprint density at radius 2 is 2.00 bits per heavy atom. The zero-order chi connectivity index (χ0) is 7.23. The van der Waals surface area contributed by atoms with Crippen molar-refractivity contribution in [3.05, 3.63) is 30.3 Å². The lowest BCUT2D eigenvalue weighted by molar-refractivity contribution is 0.611. The first-order chi connectivity index (χ1) is 4.93. The Kier molecular flexibility index (Phi) is 3.39. The monoisotopic (exact) mass is 170 g/mol. The summed E-state index contributed by atoms with van der Waals surface area (Å²) in [5.41, 5.74) is 0. The Morgan fingerprint density at radius 1 is 1.30 bits per heavy atom. The highest BCUT2D eigenvalue weighted by Crippen LogP contribution is 2.08.